The molecule has 0 aliphatic heterocycles. The van der Waals surface area contributed by atoms with Crippen molar-refractivity contribution in [3.63, 3.8) is 0 Å². The van der Waals surface area contributed by atoms with Gasteiger partial charge in [0.2, 0.25) is 0 Å². The van der Waals surface area contributed by atoms with E-state index in [1.807, 2.05) is 12.1 Å². The van der Waals surface area contributed by atoms with Gasteiger partial charge in [0.15, 0.2) is 11.6 Å². The molecule has 0 amide bonds. The molecule has 4 aromatic rings. The van der Waals surface area contributed by atoms with E-state index in [0.717, 1.165) is 34.7 Å². The first kappa shape index (κ1) is 19.5. The van der Waals surface area contributed by atoms with Crippen LogP contribution in [0.5, 0.6) is 0 Å². The lowest BCUT2D eigenvalue weighted by atomic mass is 9.95. The van der Waals surface area contributed by atoms with Gasteiger partial charge in [0.1, 0.15) is 5.82 Å². The summed E-state index contributed by atoms with van der Waals surface area (Å²) in [5.74, 6) is -2.34. The number of hydrogen-bond acceptors (Lipinski definition) is 0. The van der Waals surface area contributed by atoms with Crippen LogP contribution in [0.1, 0.15) is 38.2 Å². The fourth-order valence-electron chi connectivity index (χ4n) is 3.96. The normalized spacial score (nSPS) is 11.4. The third-order valence-electron chi connectivity index (χ3n) is 5.57. The summed E-state index contributed by atoms with van der Waals surface area (Å²) in [6.07, 6.45) is 5.96. The van der Waals surface area contributed by atoms with Crippen molar-refractivity contribution in [2.24, 2.45) is 0 Å². The number of aryl methyl sites for hydroxylation is 1. The van der Waals surface area contributed by atoms with E-state index >= 15 is 4.39 Å². The second-order valence-electron chi connectivity index (χ2n) is 7.58. The molecule has 0 atom stereocenters. The van der Waals surface area contributed by atoms with Crippen molar-refractivity contribution in [3.05, 3.63) is 83.7 Å². The zero-order valence-corrected chi connectivity index (χ0v) is 16.4. The van der Waals surface area contributed by atoms with Gasteiger partial charge in [0.05, 0.1) is 0 Å². The van der Waals surface area contributed by atoms with Crippen LogP contribution in [0.25, 0.3) is 32.7 Å². The van der Waals surface area contributed by atoms with Crippen molar-refractivity contribution in [2.45, 2.75) is 39.0 Å². The van der Waals surface area contributed by atoms with Gasteiger partial charge in [-0.3, -0.25) is 0 Å². The summed E-state index contributed by atoms with van der Waals surface area (Å²) < 4.78 is 42.0. The van der Waals surface area contributed by atoms with Crippen molar-refractivity contribution in [1.29, 1.82) is 0 Å². The molecule has 0 saturated heterocycles. The van der Waals surface area contributed by atoms with Crippen LogP contribution in [-0.2, 0) is 6.42 Å². The maximum atomic E-state index is 15.2. The van der Waals surface area contributed by atoms with E-state index in [2.05, 4.69) is 25.1 Å². The Morgan fingerprint density at radius 3 is 2.24 bits per heavy atom. The molecule has 0 nitrogen and oxygen atoms in total. The molecular weight excluding hydrogens is 369 g/mol. The van der Waals surface area contributed by atoms with Gasteiger partial charge in [-0.1, -0.05) is 74.7 Å². The Hall–Kier alpha value is -2.81. The van der Waals surface area contributed by atoms with Crippen molar-refractivity contribution in [2.75, 3.05) is 0 Å². The van der Waals surface area contributed by atoms with Gasteiger partial charge >= 0.3 is 0 Å². The smallest absolute Gasteiger partial charge is 0.159 e. The maximum absolute atomic E-state index is 15.2. The second kappa shape index (κ2) is 8.28. The minimum atomic E-state index is -0.980. The number of hydrogen-bond donors (Lipinski definition) is 0. The van der Waals surface area contributed by atoms with Crippen LogP contribution in [0.4, 0.5) is 13.2 Å². The van der Waals surface area contributed by atoms with E-state index in [9.17, 15) is 8.78 Å². The predicted octanol–water partition coefficient (Wildman–Crippen LogP) is 8.20. The summed E-state index contributed by atoms with van der Waals surface area (Å²) in [5, 5.41) is 3.39. The largest absolute Gasteiger partial charge is 0.206 e. The third-order valence-corrected chi connectivity index (χ3v) is 5.57. The molecule has 0 bridgehead atoms. The number of benzene rings is 4. The van der Waals surface area contributed by atoms with Crippen LogP contribution in [0, 0.1) is 17.5 Å². The Morgan fingerprint density at radius 2 is 1.45 bits per heavy atom. The fourth-order valence-corrected chi connectivity index (χ4v) is 3.96. The highest BCUT2D eigenvalue weighted by molar-refractivity contribution is 6.08. The Balaban J connectivity index is 1.73. The van der Waals surface area contributed by atoms with Gasteiger partial charge in [-0.15, -0.1) is 0 Å². The molecule has 0 spiro atoms. The van der Waals surface area contributed by atoms with Gasteiger partial charge in [0, 0.05) is 10.9 Å². The molecule has 29 heavy (non-hydrogen) atoms. The molecule has 0 fully saturated rings. The van der Waals surface area contributed by atoms with E-state index in [4.69, 9.17) is 0 Å². The van der Waals surface area contributed by atoms with E-state index < -0.39 is 17.5 Å². The lowest BCUT2D eigenvalue weighted by Gasteiger charge is -2.11. The first-order valence-electron chi connectivity index (χ1n) is 10.2. The van der Waals surface area contributed by atoms with E-state index in [0.29, 0.717) is 10.9 Å². The monoisotopic (exact) mass is 392 g/mol. The average molecular weight is 392 g/mol. The molecule has 0 aliphatic carbocycles. The highest BCUT2D eigenvalue weighted by Gasteiger charge is 2.13. The molecule has 148 valence electrons. The van der Waals surface area contributed by atoms with E-state index in [-0.39, 0.29) is 5.56 Å². The van der Waals surface area contributed by atoms with Crippen molar-refractivity contribution >= 4 is 21.5 Å². The van der Waals surface area contributed by atoms with Crippen molar-refractivity contribution < 1.29 is 13.2 Å². The first-order valence-corrected chi connectivity index (χ1v) is 10.2. The van der Waals surface area contributed by atoms with Crippen molar-refractivity contribution in [3.8, 4) is 11.1 Å². The topological polar surface area (TPSA) is 0 Å². The molecule has 0 saturated carbocycles. The Morgan fingerprint density at radius 1 is 0.655 bits per heavy atom. The van der Waals surface area contributed by atoms with Crippen LogP contribution in [0.15, 0.2) is 60.7 Å². The first-order chi connectivity index (χ1) is 14.1. The Labute approximate surface area is 169 Å². The fraction of sp³-hybridized carbons (Fsp3) is 0.231. The second-order valence-corrected chi connectivity index (χ2v) is 7.58. The van der Waals surface area contributed by atoms with Gasteiger partial charge in [-0.25, -0.2) is 13.2 Å². The molecule has 0 radical (unpaired) electrons. The van der Waals surface area contributed by atoms with Crippen molar-refractivity contribution in [1.82, 2.24) is 0 Å². The van der Waals surface area contributed by atoms with Crippen LogP contribution >= 0.6 is 0 Å². The summed E-state index contributed by atoms with van der Waals surface area (Å²) in [6.45, 7) is 2.21. The highest BCUT2D eigenvalue weighted by Crippen LogP contribution is 2.34. The molecular formula is C26H23F3. The van der Waals surface area contributed by atoms with Gasteiger partial charge < -0.3 is 0 Å². The van der Waals surface area contributed by atoms with Gasteiger partial charge in [-0.05, 0) is 52.3 Å². The molecule has 0 N–H and O–H groups in total. The molecule has 0 aliphatic rings. The molecule has 0 unspecified atom stereocenters. The maximum Gasteiger partial charge on any atom is 0.159 e. The molecule has 3 heteroatoms. The van der Waals surface area contributed by atoms with E-state index in [1.165, 1.54) is 37.3 Å². The summed E-state index contributed by atoms with van der Waals surface area (Å²) in [7, 11) is 0. The minimum absolute atomic E-state index is 0.267. The average Bonchev–Trinajstić information content (AvgIpc) is 2.73. The zero-order chi connectivity index (χ0) is 20.4. The van der Waals surface area contributed by atoms with Crippen LogP contribution in [-0.4, -0.2) is 0 Å². The van der Waals surface area contributed by atoms with Crippen LogP contribution in [0.3, 0.4) is 0 Å². The van der Waals surface area contributed by atoms with Crippen LogP contribution < -0.4 is 0 Å². The van der Waals surface area contributed by atoms with Gasteiger partial charge in [0.25, 0.3) is 0 Å². The molecule has 0 aromatic heterocycles. The number of halogens is 3. The standard InChI is InChI=1S/C26H23F3/c1-2-3-4-5-6-17-7-10-20-18(15-17)8-11-23-22(20)13-12-21(26(23)29)19-9-14-24(27)25(28)16-19/h7-16H,2-6H2,1H3. The highest BCUT2D eigenvalue weighted by atomic mass is 19.2. The minimum Gasteiger partial charge on any atom is -0.206 e. The number of unbranched alkanes of at least 4 members (excludes halogenated alkanes) is 3. The predicted molar refractivity (Wildman–Crippen MR) is 115 cm³/mol. The zero-order valence-electron chi connectivity index (χ0n) is 16.4. The summed E-state index contributed by atoms with van der Waals surface area (Å²) in [5.41, 5.74) is 1.89. The third kappa shape index (κ3) is 3.87. The van der Waals surface area contributed by atoms with E-state index in [1.54, 1.807) is 12.1 Å². The lowest BCUT2D eigenvalue weighted by molar-refractivity contribution is 0.509. The molecule has 4 rings (SSSR count). The Bertz CT molecular complexity index is 1180. The summed E-state index contributed by atoms with van der Waals surface area (Å²) in [4.78, 5) is 0. The Kier molecular flexibility index (Phi) is 5.57. The quantitative estimate of drug-likeness (QED) is 0.229. The SMILES string of the molecule is CCCCCCc1ccc2c(ccc3c(F)c(-c4ccc(F)c(F)c4)ccc32)c1. The summed E-state index contributed by atoms with van der Waals surface area (Å²) >= 11 is 0. The van der Waals surface area contributed by atoms with Crippen LogP contribution in [0.2, 0.25) is 0 Å². The lowest BCUT2D eigenvalue weighted by Crippen LogP contribution is -1.91. The molecule has 0 heterocycles. The molecule has 4 aromatic carbocycles. The number of rotatable bonds is 6. The van der Waals surface area contributed by atoms with Gasteiger partial charge in [-0.2, -0.15) is 0 Å². The number of fused-ring (bicyclic) bond motifs is 3. The summed E-state index contributed by atoms with van der Waals surface area (Å²) in [6, 6.07) is 17.0.